The van der Waals surface area contributed by atoms with Crippen LogP contribution in [0.25, 0.3) is 16.7 Å². The van der Waals surface area contributed by atoms with Gasteiger partial charge in [0.1, 0.15) is 12.3 Å². The van der Waals surface area contributed by atoms with E-state index in [0.717, 1.165) is 30.1 Å². The van der Waals surface area contributed by atoms with Crippen molar-refractivity contribution < 1.29 is 23.4 Å². The van der Waals surface area contributed by atoms with E-state index >= 15 is 0 Å². The van der Waals surface area contributed by atoms with E-state index < -0.39 is 24.1 Å². The van der Waals surface area contributed by atoms with Gasteiger partial charge in [0.2, 0.25) is 5.88 Å². The molecule has 0 aliphatic heterocycles. The largest absolute Gasteiger partial charge is 0.475 e. The predicted molar refractivity (Wildman–Crippen MR) is 150 cm³/mol. The molecule has 1 aliphatic carbocycles. The topological polar surface area (TPSA) is 111 Å². The lowest BCUT2D eigenvalue weighted by Gasteiger charge is -2.29. The summed E-state index contributed by atoms with van der Waals surface area (Å²) < 4.78 is 35.5. The SMILES string of the molecule is C[C@@H](O)COc1ccc(-n2c(=O)n(CC3CCC(NC(=O)c4cc(Cl)cnc4C(F)F)CC3)c3ccccc32)cn1. The Bertz CT molecular complexity index is 1580. The Labute approximate surface area is 239 Å². The Morgan fingerprint density at radius 2 is 1.85 bits per heavy atom. The molecule has 1 aliphatic rings. The summed E-state index contributed by atoms with van der Waals surface area (Å²) in [4.78, 5) is 34.3. The summed E-state index contributed by atoms with van der Waals surface area (Å²) in [5.74, 6) is -0.0692. The molecule has 0 unspecified atom stereocenters. The maximum absolute atomic E-state index is 13.6. The van der Waals surface area contributed by atoms with E-state index in [9.17, 15) is 23.5 Å². The van der Waals surface area contributed by atoms with Crippen LogP contribution in [0.4, 0.5) is 8.78 Å². The number of benzene rings is 1. The van der Waals surface area contributed by atoms with Gasteiger partial charge in [0.05, 0.1) is 39.6 Å². The van der Waals surface area contributed by atoms with Gasteiger partial charge >= 0.3 is 5.69 Å². The number of nitrogens with zero attached hydrogens (tertiary/aromatic N) is 4. The van der Waals surface area contributed by atoms with Crippen LogP contribution in [-0.4, -0.2) is 48.9 Å². The number of para-hydroxylation sites is 2. The summed E-state index contributed by atoms with van der Waals surface area (Å²) in [6.45, 7) is 2.24. The van der Waals surface area contributed by atoms with Crippen molar-refractivity contribution in [1.82, 2.24) is 24.4 Å². The van der Waals surface area contributed by atoms with Crippen LogP contribution >= 0.6 is 11.6 Å². The van der Waals surface area contributed by atoms with Crippen LogP contribution in [0.15, 0.2) is 59.7 Å². The highest BCUT2D eigenvalue weighted by atomic mass is 35.5. The van der Waals surface area contributed by atoms with Gasteiger partial charge in [-0.25, -0.2) is 18.6 Å². The zero-order chi connectivity index (χ0) is 29.1. The third-order valence-electron chi connectivity index (χ3n) is 7.25. The number of ether oxygens (including phenoxy) is 1. The Balaban J connectivity index is 1.28. The number of hydrogen-bond acceptors (Lipinski definition) is 6. The van der Waals surface area contributed by atoms with Gasteiger partial charge in [0.15, 0.2) is 0 Å². The molecule has 3 aromatic heterocycles. The lowest BCUT2D eigenvalue weighted by molar-refractivity contribution is 0.0904. The molecule has 5 rings (SSSR count). The van der Waals surface area contributed by atoms with E-state index in [0.29, 0.717) is 31.0 Å². The molecule has 1 saturated carbocycles. The number of aliphatic hydroxyl groups is 1. The van der Waals surface area contributed by atoms with Crippen molar-refractivity contribution in [2.75, 3.05) is 6.61 Å². The van der Waals surface area contributed by atoms with Crippen LogP contribution < -0.4 is 15.7 Å². The second-order valence-electron chi connectivity index (χ2n) is 10.3. The van der Waals surface area contributed by atoms with E-state index in [1.165, 1.54) is 6.07 Å². The zero-order valence-corrected chi connectivity index (χ0v) is 23.1. The van der Waals surface area contributed by atoms with Crippen molar-refractivity contribution >= 4 is 28.5 Å². The number of carbonyl (C=O) groups is 1. The Morgan fingerprint density at radius 3 is 2.51 bits per heavy atom. The van der Waals surface area contributed by atoms with Crippen LogP contribution in [0, 0.1) is 5.92 Å². The minimum Gasteiger partial charge on any atom is -0.475 e. The average molecular weight is 586 g/mol. The molecule has 41 heavy (non-hydrogen) atoms. The van der Waals surface area contributed by atoms with Crippen molar-refractivity contribution in [2.24, 2.45) is 5.92 Å². The van der Waals surface area contributed by atoms with Crippen molar-refractivity contribution in [3.8, 4) is 11.6 Å². The molecule has 12 heteroatoms. The first-order chi connectivity index (χ1) is 19.7. The fourth-order valence-corrected chi connectivity index (χ4v) is 5.40. The second-order valence-corrected chi connectivity index (χ2v) is 10.7. The van der Waals surface area contributed by atoms with Gasteiger partial charge in [-0.3, -0.25) is 18.9 Å². The molecule has 1 aromatic carbocycles. The Hall–Kier alpha value is -3.83. The number of fused-ring (bicyclic) bond motifs is 1. The van der Waals surface area contributed by atoms with Gasteiger partial charge in [-0.15, -0.1) is 0 Å². The average Bonchev–Trinajstić information content (AvgIpc) is 3.23. The van der Waals surface area contributed by atoms with Crippen LogP contribution in [0.1, 0.15) is 55.1 Å². The van der Waals surface area contributed by atoms with Crippen molar-refractivity contribution in [3.05, 3.63) is 81.6 Å². The number of halogens is 3. The normalized spacial score (nSPS) is 18.0. The molecule has 0 bridgehead atoms. The third-order valence-corrected chi connectivity index (χ3v) is 7.45. The quantitative estimate of drug-likeness (QED) is 0.288. The molecule has 4 aromatic rings. The summed E-state index contributed by atoms with van der Waals surface area (Å²) in [5.41, 5.74) is 1.16. The molecule has 2 N–H and O–H groups in total. The molecular formula is C29H30ClF2N5O4. The number of amides is 1. The van der Waals surface area contributed by atoms with Crippen LogP contribution in [0.2, 0.25) is 5.02 Å². The molecule has 0 spiro atoms. The van der Waals surface area contributed by atoms with Crippen LogP contribution in [-0.2, 0) is 6.54 Å². The number of alkyl halides is 2. The molecule has 0 radical (unpaired) electrons. The maximum atomic E-state index is 13.6. The van der Waals surface area contributed by atoms with Gasteiger partial charge in [0, 0.05) is 24.8 Å². The molecule has 3 heterocycles. The summed E-state index contributed by atoms with van der Waals surface area (Å²) >= 11 is 5.90. The first-order valence-corrected chi connectivity index (χ1v) is 13.8. The lowest BCUT2D eigenvalue weighted by Crippen LogP contribution is -2.39. The molecule has 1 atom stereocenters. The highest BCUT2D eigenvalue weighted by molar-refractivity contribution is 6.30. The molecular weight excluding hydrogens is 556 g/mol. The number of hydrogen-bond donors (Lipinski definition) is 2. The second kappa shape index (κ2) is 12.4. The predicted octanol–water partition coefficient (Wildman–Crippen LogP) is 4.92. The number of aromatic nitrogens is 4. The number of nitrogens with one attached hydrogen (secondary N) is 1. The first kappa shape index (κ1) is 28.7. The first-order valence-electron chi connectivity index (χ1n) is 13.4. The standard InChI is InChI=1S/C29H30ClF2N5O4/c1-17(38)16-41-25-11-10-21(14-33-25)37-24-5-3-2-4-23(24)36(29(37)40)15-18-6-8-20(9-7-18)35-28(39)22-12-19(30)13-34-26(22)27(31)32/h2-5,10-14,17-18,20,27,38H,6-9,15-16H2,1H3,(H,35,39)/t17-,18?,20?/m1/s1. The third kappa shape index (κ3) is 6.41. The molecule has 216 valence electrons. The summed E-state index contributed by atoms with van der Waals surface area (Å²) in [6.07, 6.45) is 1.97. The number of imidazole rings is 1. The number of pyridine rings is 2. The number of rotatable bonds is 9. The fraction of sp³-hybridized carbons (Fsp3) is 0.379. The van der Waals surface area contributed by atoms with Gasteiger partial charge in [-0.1, -0.05) is 23.7 Å². The van der Waals surface area contributed by atoms with Crippen molar-refractivity contribution in [1.29, 1.82) is 0 Å². The summed E-state index contributed by atoms with van der Waals surface area (Å²) in [7, 11) is 0. The van der Waals surface area contributed by atoms with Crippen molar-refractivity contribution in [2.45, 2.75) is 57.7 Å². The number of carbonyl (C=O) groups excluding carboxylic acids is 1. The van der Waals surface area contributed by atoms with E-state index in [-0.39, 0.29) is 34.8 Å². The smallest absolute Gasteiger partial charge is 0.333 e. The van der Waals surface area contributed by atoms with Gasteiger partial charge in [-0.05, 0) is 62.8 Å². The van der Waals surface area contributed by atoms with Gasteiger partial charge in [-0.2, -0.15) is 0 Å². The lowest BCUT2D eigenvalue weighted by atomic mass is 9.85. The highest BCUT2D eigenvalue weighted by Crippen LogP contribution is 2.29. The summed E-state index contributed by atoms with van der Waals surface area (Å²) in [6, 6.07) is 12.0. The van der Waals surface area contributed by atoms with Crippen molar-refractivity contribution in [3.63, 3.8) is 0 Å². The minimum atomic E-state index is -2.89. The Morgan fingerprint density at radius 1 is 1.12 bits per heavy atom. The monoisotopic (exact) mass is 585 g/mol. The van der Waals surface area contributed by atoms with E-state index in [1.54, 1.807) is 34.4 Å². The molecule has 0 saturated heterocycles. The highest BCUT2D eigenvalue weighted by Gasteiger charge is 2.27. The van der Waals surface area contributed by atoms with E-state index in [2.05, 4.69) is 15.3 Å². The molecule has 1 amide bonds. The van der Waals surface area contributed by atoms with E-state index in [4.69, 9.17) is 16.3 Å². The van der Waals surface area contributed by atoms with Gasteiger partial charge in [0.25, 0.3) is 12.3 Å². The minimum absolute atomic E-state index is 0.115. The molecule has 1 fully saturated rings. The van der Waals surface area contributed by atoms with E-state index in [1.807, 2.05) is 24.3 Å². The Kier molecular flexibility index (Phi) is 8.65. The van der Waals surface area contributed by atoms with Gasteiger partial charge < -0.3 is 15.2 Å². The maximum Gasteiger partial charge on any atom is 0.333 e. The summed E-state index contributed by atoms with van der Waals surface area (Å²) in [5, 5.41) is 12.4. The molecule has 9 nitrogen and oxygen atoms in total. The van der Waals surface area contributed by atoms with Crippen LogP contribution in [0.3, 0.4) is 0 Å². The van der Waals surface area contributed by atoms with Crippen LogP contribution in [0.5, 0.6) is 5.88 Å². The fourth-order valence-electron chi connectivity index (χ4n) is 5.25. The number of aliphatic hydroxyl groups excluding tert-OH is 1. The zero-order valence-electron chi connectivity index (χ0n) is 22.3.